The molecule has 0 heterocycles. The Kier molecular flexibility index (Phi) is 6.15. The molecule has 0 amide bonds. The van der Waals surface area contributed by atoms with Crippen molar-refractivity contribution >= 4 is 0 Å². The lowest BCUT2D eigenvalue weighted by Gasteiger charge is -2.17. The molecule has 118 valence electrons. The van der Waals surface area contributed by atoms with Gasteiger partial charge in [-0.15, -0.1) is 0 Å². The molecule has 3 nitrogen and oxygen atoms in total. The van der Waals surface area contributed by atoms with Gasteiger partial charge in [-0.3, -0.25) is 4.90 Å². The quantitative estimate of drug-likeness (QED) is 0.746. The first kappa shape index (κ1) is 16.2. The fourth-order valence-electron chi connectivity index (χ4n) is 1.81. The first-order valence-corrected chi connectivity index (χ1v) is 7.09. The minimum absolute atomic E-state index is 0.276. The second-order valence-corrected chi connectivity index (χ2v) is 4.91. The molecule has 0 aliphatic carbocycles. The lowest BCUT2D eigenvalue weighted by Crippen LogP contribution is -2.28. The van der Waals surface area contributed by atoms with E-state index in [1.165, 1.54) is 24.3 Å². The Morgan fingerprint density at radius 2 is 1.09 bits per heavy atom. The van der Waals surface area contributed by atoms with E-state index in [9.17, 15) is 8.78 Å². The van der Waals surface area contributed by atoms with E-state index in [0.29, 0.717) is 24.7 Å². The van der Waals surface area contributed by atoms with Crippen LogP contribution < -0.4 is 9.47 Å². The van der Waals surface area contributed by atoms with E-state index in [2.05, 4.69) is 4.90 Å². The van der Waals surface area contributed by atoms with E-state index >= 15 is 0 Å². The van der Waals surface area contributed by atoms with Crippen LogP contribution in [0.3, 0.4) is 0 Å². The van der Waals surface area contributed by atoms with Gasteiger partial charge in [-0.05, 0) is 55.6 Å². The smallest absolute Gasteiger partial charge is 0.123 e. The molecule has 0 aromatic heterocycles. The van der Waals surface area contributed by atoms with Crippen molar-refractivity contribution in [1.82, 2.24) is 4.90 Å². The van der Waals surface area contributed by atoms with Gasteiger partial charge in [0.2, 0.25) is 0 Å². The zero-order valence-electron chi connectivity index (χ0n) is 12.5. The Morgan fingerprint density at radius 3 is 1.45 bits per heavy atom. The molecule has 0 radical (unpaired) electrons. The Labute approximate surface area is 129 Å². The van der Waals surface area contributed by atoms with Crippen LogP contribution in [0.1, 0.15) is 0 Å². The second-order valence-electron chi connectivity index (χ2n) is 4.91. The summed E-state index contributed by atoms with van der Waals surface area (Å²) in [5.74, 6) is 0.750. The average molecular weight is 307 g/mol. The van der Waals surface area contributed by atoms with Crippen LogP contribution in [0.15, 0.2) is 48.5 Å². The van der Waals surface area contributed by atoms with Gasteiger partial charge in [-0.1, -0.05) is 0 Å². The molecule has 0 bridgehead atoms. The van der Waals surface area contributed by atoms with Gasteiger partial charge >= 0.3 is 0 Å². The van der Waals surface area contributed by atoms with Gasteiger partial charge in [0.15, 0.2) is 0 Å². The highest BCUT2D eigenvalue weighted by Crippen LogP contribution is 2.11. The minimum atomic E-state index is -0.276. The molecule has 0 aliphatic heterocycles. The highest BCUT2D eigenvalue weighted by Gasteiger charge is 2.01. The van der Waals surface area contributed by atoms with Crippen LogP contribution in [-0.2, 0) is 0 Å². The summed E-state index contributed by atoms with van der Waals surface area (Å²) in [5, 5.41) is 0. The third kappa shape index (κ3) is 5.69. The van der Waals surface area contributed by atoms with Crippen LogP contribution in [0, 0.1) is 11.6 Å². The normalized spacial score (nSPS) is 10.7. The standard InChI is InChI=1S/C17H19F2NO2/c1-20(10-12-21-16-6-2-14(18)3-7-16)11-13-22-17-8-4-15(19)5-9-17/h2-9H,10-13H2,1H3. The van der Waals surface area contributed by atoms with E-state index < -0.39 is 0 Å². The van der Waals surface area contributed by atoms with Crippen LogP contribution >= 0.6 is 0 Å². The lowest BCUT2D eigenvalue weighted by molar-refractivity contribution is 0.202. The van der Waals surface area contributed by atoms with E-state index in [0.717, 1.165) is 13.1 Å². The summed E-state index contributed by atoms with van der Waals surface area (Å²) in [6.07, 6.45) is 0. The van der Waals surface area contributed by atoms with Gasteiger partial charge in [0.25, 0.3) is 0 Å². The van der Waals surface area contributed by atoms with Gasteiger partial charge in [-0.25, -0.2) is 8.78 Å². The molecule has 0 atom stereocenters. The number of ether oxygens (including phenoxy) is 2. The topological polar surface area (TPSA) is 21.7 Å². The third-order valence-corrected chi connectivity index (χ3v) is 3.11. The molecule has 0 fully saturated rings. The highest BCUT2D eigenvalue weighted by molar-refractivity contribution is 5.22. The van der Waals surface area contributed by atoms with Crippen LogP contribution in [0.25, 0.3) is 0 Å². The summed E-state index contributed by atoms with van der Waals surface area (Å²) in [4.78, 5) is 2.06. The van der Waals surface area contributed by atoms with Gasteiger partial charge in [0, 0.05) is 13.1 Å². The largest absolute Gasteiger partial charge is 0.492 e. The predicted octanol–water partition coefficient (Wildman–Crippen LogP) is 3.35. The van der Waals surface area contributed by atoms with Gasteiger partial charge in [0.1, 0.15) is 36.3 Å². The van der Waals surface area contributed by atoms with Crippen molar-refractivity contribution in [2.24, 2.45) is 0 Å². The Bertz CT molecular complexity index is 506. The Balaban J connectivity index is 1.60. The second kappa shape index (κ2) is 8.34. The number of likely N-dealkylation sites (N-methyl/N-ethyl adjacent to an activating group) is 1. The fraction of sp³-hybridized carbons (Fsp3) is 0.294. The van der Waals surface area contributed by atoms with Crippen molar-refractivity contribution in [3.63, 3.8) is 0 Å². The van der Waals surface area contributed by atoms with E-state index in [1.807, 2.05) is 7.05 Å². The zero-order chi connectivity index (χ0) is 15.8. The molecule has 0 N–H and O–H groups in total. The molecule has 0 aliphatic rings. The van der Waals surface area contributed by atoms with Crippen LogP contribution in [0.4, 0.5) is 8.78 Å². The molecule has 0 saturated heterocycles. The van der Waals surface area contributed by atoms with Crippen molar-refractivity contribution in [2.45, 2.75) is 0 Å². The van der Waals surface area contributed by atoms with Crippen molar-refractivity contribution in [1.29, 1.82) is 0 Å². The average Bonchev–Trinajstić information content (AvgIpc) is 2.51. The minimum Gasteiger partial charge on any atom is -0.492 e. The maximum Gasteiger partial charge on any atom is 0.123 e. The van der Waals surface area contributed by atoms with Crippen LogP contribution in [0.5, 0.6) is 11.5 Å². The Hall–Kier alpha value is -2.14. The van der Waals surface area contributed by atoms with Crippen molar-refractivity contribution in [2.75, 3.05) is 33.4 Å². The molecule has 0 unspecified atom stereocenters. The van der Waals surface area contributed by atoms with Crippen molar-refractivity contribution < 1.29 is 18.3 Å². The van der Waals surface area contributed by atoms with Gasteiger partial charge in [0.05, 0.1) is 0 Å². The van der Waals surface area contributed by atoms with E-state index in [4.69, 9.17) is 9.47 Å². The van der Waals surface area contributed by atoms with Crippen molar-refractivity contribution in [3.05, 3.63) is 60.2 Å². The number of benzene rings is 2. The molecule has 0 spiro atoms. The van der Waals surface area contributed by atoms with E-state index in [1.54, 1.807) is 24.3 Å². The fourth-order valence-corrected chi connectivity index (χ4v) is 1.81. The first-order valence-electron chi connectivity index (χ1n) is 7.09. The number of rotatable bonds is 8. The molecular formula is C17H19F2NO2. The van der Waals surface area contributed by atoms with Gasteiger partial charge < -0.3 is 9.47 Å². The summed E-state index contributed by atoms with van der Waals surface area (Å²) in [6.45, 7) is 2.48. The number of hydrogen-bond donors (Lipinski definition) is 0. The lowest BCUT2D eigenvalue weighted by atomic mass is 10.3. The molecular weight excluding hydrogens is 288 g/mol. The summed E-state index contributed by atoms with van der Waals surface area (Å²) >= 11 is 0. The molecule has 2 aromatic carbocycles. The Morgan fingerprint density at radius 1 is 0.727 bits per heavy atom. The summed E-state index contributed by atoms with van der Waals surface area (Å²) < 4.78 is 36.5. The molecule has 5 heteroatoms. The number of nitrogens with zero attached hydrogens (tertiary/aromatic N) is 1. The molecule has 0 saturated carbocycles. The van der Waals surface area contributed by atoms with Crippen molar-refractivity contribution in [3.8, 4) is 11.5 Å². The maximum absolute atomic E-state index is 12.7. The molecule has 2 aromatic rings. The number of halogens is 2. The van der Waals surface area contributed by atoms with Crippen LogP contribution in [0.2, 0.25) is 0 Å². The predicted molar refractivity (Wildman–Crippen MR) is 81.3 cm³/mol. The number of hydrogen-bond acceptors (Lipinski definition) is 3. The molecule has 2 rings (SSSR count). The maximum atomic E-state index is 12.7. The van der Waals surface area contributed by atoms with Crippen LogP contribution in [-0.4, -0.2) is 38.3 Å². The SMILES string of the molecule is CN(CCOc1ccc(F)cc1)CCOc1ccc(F)cc1. The summed E-state index contributed by atoms with van der Waals surface area (Å²) in [5.41, 5.74) is 0. The summed E-state index contributed by atoms with van der Waals surface area (Å²) in [7, 11) is 1.96. The highest BCUT2D eigenvalue weighted by atomic mass is 19.1. The summed E-state index contributed by atoms with van der Waals surface area (Å²) in [6, 6.07) is 11.9. The molecule has 22 heavy (non-hydrogen) atoms. The van der Waals surface area contributed by atoms with E-state index in [-0.39, 0.29) is 11.6 Å². The zero-order valence-corrected chi connectivity index (χ0v) is 12.5. The monoisotopic (exact) mass is 307 g/mol. The van der Waals surface area contributed by atoms with Gasteiger partial charge in [-0.2, -0.15) is 0 Å². The first-order chi connectivity index (χ1) is 10.6. The third-order valence-electron chi connectivity index (χ3n) is 3.11.